The van der Waals surface area contributed by atoms with Crippen LogP contribution < -0.4 is 21.3 Å². The lowest BCUT2D eigenvalue weighted by Crippen LogP contribution is -2.29. The molecule has 2 aromatic heterocycles. The summed E-state index contributed by atoms with van der Waals surface area (Å²) < 4.78 is 0. The molecule has 0 aliphatic heterocycles. The summed E-state index contributed by atoms with van der Waals surface area (Å²) in [5.41, 5.74) is 1.15. The number of anilines is 2. The Bertz CT molecular complexity index is 999. The highest BCUT2D eigenvalue weighted by molar-refractivity contribution is 5.91. The molecule has 31 heavy (non-hydrogen) atoms. The van der Waals surface area contributed by atoms with Crippen LogP contribution in [0.2, 0.25) is 0 Å². The number of carbonyl (C=O) groups excluding carboxylic acids is 2. The van der Waals surface area contributed by atoms with Crippen LogP contribution in [0.25, 0.3) is 11.4 Å². The molecule has 0 fully saturated rings. The van der Waals surface area contributed by atoms with Crippen LogP contribution in [-0.2, 0) is 4.79 Å². The van der Waals surface area contributed by atoms with Gasteiger partial charge in [-0.05, 0) is 0 Å². The van der Waals surface area contributed by atoms with Crippen molar-refractivity contribution in [1.29, 1.82) is 0 Å². The lowest BCUT2D eigenvalue weighted by atomic mass is 10.2. The lowest BCUT2D eigenvalue weighted by molar-refractivity contribution is -0.118. The van der Waals surface area contributed by atoms with Crippen LogP contribution in [0.3, 0.4) is 0 Å². The second-order valence-corrected chi connectivity index (χ2v) is 6.51. The molecule has 4 N–H and O–H groups in total. The molecular formula is C21H24N8O2. The standard InChI is InChI=1S/C21H24N8O2/c1-15(30)23-9-10-25-18-13-19(29-20(28-18)16-5-3-2-4-6-16)26-11-12-27-21(31)17-14-22-7-8-24-17/h2-8,13-14H,9-12H2,1H3,(H,23,30)(H,27,31)(H2,25,26,28,29). The van der Waals surface area contributed by atoms with Crippen molar-refractivity contribution >= 4 is 23.5 Å². The summed E-state index contributed by atoms with van der Waals surface area (Å²) in [6.07, 6.45) is 4.40. The van der Waals surface area contributed by atoms with Crippen LogP contribution in [-0.4, -0.2) is 57.9 Å². The van der Waals surface area contributed by atoms with Crippen molar-refractivity contribution in [2.45, 2.75) is 6.92 Å². The SMILES string of the molecule is CC(=O)NCCNc1cc(NCCNC(=O)c2cnccn2)nc(-c2ccccc2)n1. The second kappa shape index (κ2) is 11.2. The molecule has 1 aromatic carbocycles. The Hall–Kier alpha value is -4.08. The van der Waals surface area contributed by atoms with Gasteiger partial charge < -0.3 is 21.3 Å². The molecule has 10 heteroatoms. The maximum atomic E-state index is 12.0. The van der Waals surface area contributed by atoms with Crippen LogP contribution in [0.1, 0.15) is 17.4 Å². The fourth-order valence-corrected chi connectivity index (χ4v) is 2.65. The Labute approximate surface area is 180 Å². The molecule has 10 nitrogen and oxygen atoms in total. The number of hydrogen-bond acceptors (Lipinski definition) is 8. The minimum Gasteiger partial charge on any atom is -0.368 e. The quantitative estimate of drug-likeness (QED) is 0.361. The monoisotopic (exact) mass is 420 g/mol. The van der Waals surface area contributed by atoms with Gasteiger partial charge >= 0.3 is 0 Å². The van der Waals surface area contributed by atoms with Gasteiger partial charge in [-0.3, -0.25) is 14.6 Å². The van der Waals surface area contributed by atoms with Crippen LogP contribution in [0, 0.1) is 0 Å². The zero-order chi connectivity index (χ0) is 21.9. The van der Waals surface area contributed by atoms with Crippen molar-refractivity contribution in [3.63, 3.8) is 0 Å². The zero-order valence-corrected chi connectivity index (χ0v) is 17.1. The fourth-order valence-electron chi connectivity index (χ4n) is 2.65. The van der Waals surface area contributed by atoms with Crippen molar-refractivity contribution in [1.82, 2.24) is 30.6 Å². The third-order valence-electron chi connectivity index (χ3n) is 4.08. The predicted molar refractivity (Wildman–Crippen MR) is 117 cm³/mol. The third-order valence-corrected chi connectivity index (χ3v) is 4.08. The Morgan fingerprint density at radius 2 is 1.55 bits per heavy atom. The van der Waals surface area contributed by atoms with Crippen molar-refractivity contribution in [3.8, 4) is 11.4 Å². The van der Waals surface area contributed by atoms with E-state index in [-0.39, 0.29) is 17.5 Å². The molecule has 0 radical (unpaired) electrons. The number of benzene rings is 1. The molecule has 3 aromatic rings. The number of amides is 2. The van der Waals surface area contributed by atoms with Gasteiger partial charge in [0.05, 0.1) is 6.20 Å². The maximum absolute atomic E-state index is 12.0. The van der Waals surface area contributed by atoms with Gasteiger partial charge in [-0.25, -0.2) is 15.0 Å². The van der Waals surface area contributed by atoms with E-state index in [9.17, 15) is 9.59 Å². The van der Waals surface area contributed by atoms with E-state index < -0.39 is 0 Å². The van der Waals surface area contributed by atoms with Gasteiger partial charge in [-0.15, -0.1) is 0 Å². The van der Waals surface area contributed by atoms with E-state index in [2.05, 4.69) is 41.2 Å². The Kier molecular flexibility index (Phi) is 7.81. The molecule has 0 spiro atoms. The zero-order valence-electron chi connectivity index (χ0n) is 17.1. The van der Waals surface area contributed by atoms with E-state index in [1.165, 1.54) is 25.5 Å². The largest absolute Gasteiger partial charge is 0.368 e. The van der Waals surface area contributed by atoms with Crippen molar-refractivity contribution < 1.29 is 9.59 Å². The van der Waals surface area contributed by atoms with E-state index in [1.807, 2.05) is 30.3 Å². The molecule has 3 rings (SSSR count). The first-order valence-electron chi connectivity index (χ1n) is 9.83. The van der Waals surface area contributed by atoms with Gasteiger partial charge in [-0.2, -0.15) is 0 Å². The van der Waals surface area contributed by atoms with Crippen molar-refractivity contribution in [3.05, 3.63) is 60.7 Å². The van der Waals surface area contributed by atoms with E-state index in [4.69, 9.17) is 0 Å². The van der Waals surface area contributed by atoms with Gasteiger partial charge in [0.2, 0.25) is 5.91 Å². The van der Waals surface area contributed by atoms with Gasteiger partial charge in [-0.1, -0.05) is 30.3 Å². The molecule has 0 saturated carbocycles. The number of rotatable bonds is 10. The Morgan fingerprint density at radius 3 is 2.16 bits per heavy atom. The number of carbonyl (C=O) groups is 2. The highest BCUT2D eigenvalue weighted by Crippen LogP contribution is 2.19. The molecule has 0 aliphatic carbocycles. The summed E-state index contributed by atoms with van der Waals surface area (Å²) in [4.78, 5) is 40.0. The highest BCUT2D eigenvalue weighted by Gasteiger charge is 2.08. The Morgan fingerprint density at radius 1 is 0.871 bits per heavy atom. The number of nitrogens with zero attached hydrogens (tertiary/aromatic N) is 4. The number of hydrogen-bond donors (Lipinski definition) is 4. The van der Waals surface area contributed by atoms with Crippen molar-refractivity contribution in [2.24, 2.45) is 0 Å². The summed E-state index contributed by atoms with van der Waals surface area (Å²) in [7, 11) is 0. The molecule has 0 atom stereocenters. The van der Waals surface area contributed by atoms with E-state index in [1.54, 1.807) is 6.07 Å². The first-order valence-corrected chi connectivity index (χ1v) is 9.83. The van der Waals surface area contributed by atoms with E-state index >= 15 is 0 Å². The normalized spacial score (nSPS) is 10.2. The predicted octanol–water partition coefficient (Wildman–Crippen LogP) is 1.32. The van der Waals surface area contributed by atoms with Crippen LogP contribution in [0.4, 0.5) is 11.6 Å². The maximum Gasteiger partial charge on any atom is 0.271 e. The van der Waals surface area contributed by atoms with Crippen molar-refractivity contribution in [2.75, 3.05) is 36.8 Å². The lowest BCUT2D eigenvalue weighted by Gasteiger charge is -2.12. The second-order valence-electron chi connectivity index (χ2n) is 6.51. The van der Waals surface area contributed by atoms with E-state index in [0.717, 1.165) is 5.56 Å². The molecule has 0 unspecified atom stereocenters. The van der Waals surface area contributed by atoms with Crippen LogP contribution in [0.15, 0.2) is 55.0 Å². The molecule has 2 amide bonds. The summed E-state index contributed by atoms with van der Waals surface area (Å²) in [6, 6.07) is 11.4. The number of nitrogens with one attached hydrogen (secondary N) is 4. The molecule has 0 aliphatic rings. The average molecular weight is 420 g/mol. The van der Waals surface area contributed by atoms with Gasteiger partial charge in [0.1, 0.15) is 17.3 Å². The first kappa shape index (κ1) is 21.6. The minimum absolute atomic E-state index is 0.0830. The smallest absolute Gasteiger partial charge is 0.271 e. The molecule has 2 heterocycles. The summed E-state index contributed by atoms with van der Waals surface area (Å²) in [5, 5.41) is 11.9. The minimum atomic E-state index is -0.289. The fraction of sp³-hybridized carbons (Fsp3) is 0.238. The first-order chi connectivity index (χ1) is 15.1. The Balaban J connectivity index is 1.61. The average Bonchev–Trinajstić information content (AvgIpc) is 2.80. The molecule has 160 valence electrons. The highest BCUT2D eigenvalue weighted by atomic mass is 16.2. The molecule has 0 bridgehead atoms. The van der Waals surface area contributed by atoms with Crippen LogP contribution in [0.5, 0.6) is 0 Å². The number of aromatic nitrogens is 4. The molecule has 0 saturated heterocycles. The summed E-state index contributed by atoms with van der Waals surface area (Å²) >= 11 is 0. The third kappa shape index (κ3) is 7.03. The van der Waals surface area contributed by atoms with Gasteiger partial charge in [0.15, 0.2) is 5.82 Å². The van der Waals surface area contributed by atoms with Gasteiger partial charge in [0.25, 0.3) is 5.91 Å². The van der Waals surface area contributed by atoms with E-state index in [0.29, 0.717) is 43.6 Å². The van der Waals surface area contributed by atoms with Crippen LogP contribution >= 0.6 is 0 Å². The summed E-state index contributed by atoms with van der Waals surface area (Å²) in [6.45, 7) is 3.33. The topological polar surface area (TPSA) is 134 Å². The molecular weight excluding hydrogens is 396 g/mol. The van der Waals surface area contributed by atoms with Gasteiger partial charge in [0, 0.05) is 57.1 Å². The summed E-state index contributed by atoms with van der Waals surface area (Å²) in [5.74, 6) is 1.44.